The maximum Gasteiger partial charge on any atom is 0.157 e. The van der Waals surface area contributed by atoms with Crippen molar-refractivity contribution in [3.05, 3.63) is 24.3 Å². The lowest BCUT2D eigenvalue weighted by Gasteiger charge is -2.19. The lowest BCUT2D eigenvalue weighted by atomic mass is 10.1. The van der Waals surface area contributed by atoms with Crippen LogP contribution in [0.1, 0.15) is 123 Å². The molecule has 0 aromatic heterocycles. The zero-order valence-electron chi connectivity index (χ0n) is 20.2. The van der Waals surface area contributed by atoms with Gasteiger partial charge >= 0.3 is 0 Å². The fraction of sp³-hybridized carbons (Fsp3) is 0.852. The van der Waals surface area contributed by atoms with Gasteiger partial charge in [-0.1, -0.05) is 92.6 Å². The van der Waals surface area contributed by atoms with E-state index in [-0.39, 0.29) is 6.29 Å². The molecule has 0 aromatic carbocycles. The van der Waals surface area contributed by atoms with Crippen molar-refractivity contribution in [3.8, 4) is 0 Å². The zero-order chi connectivity index (χ0) is 22.0. The molecule has 0 fully saturated rings. The van der Waals surface area contributed by atoms with Gasteiger partial charge in [0.05, 0.1) is 0 Å². The summed E-state index contributed by atoms with van der Waals surface area (Å²) in [4.78, 5) is 0. The minimum absolute atomic E-state index is 0.00696. The van der Waals surface area contributed by atoms with E-state index < -0.39 is 0 Å². The molecule has 30 heavy (non-hydrogen) atoms. The molecule has 0 aliphatic carbocycles. The number of hydrogen-bond acceptors (Lipinski definition) is 2. The van der Waals surface area contributed by atoms with E-state index in [1.165, 1.54) is 77.0 Å². The molecule has 0 bridgehead atoms. The first-order valence-corrected chi connectivity index (χ1v) is 14.1. The minimum atomic E-state index is 0.00696. The van der Waals surface area contributed by atoms with Crippen LogP contribution in [0.15, 0.2) is 24.3 Å². The number of alkyl halides is 1. The maximum absolute atomic E-state index is 6.12. The molecule has 178 valence electrons. The van der Waals surface area contributed by atoms with Crippen molar-refractivity contribution < 1.29 is 9.47 Å². The van der Waals surface area contributed by atoms with Crippen LogP contribution in [-0.4, -0.2) is 24.8 Å². The van der Waals surface area contributed by atoms with E-state index in [0.717, 1.165) is 50.6 Å². The van der Waals surface area contributed by atoms with Gasteiger partial charge in [-0.15, -0.1) is 0 Å². The SMILES string of the molecule is CC/C=C\CCCCCOC(CCCCCCCCBr)OCCCCC/C=C\CC. The fourth-order valence-electron chi connectivity index (χ4n) is 3.41. The standard InChI is InChI=1S/C27H51BrO2/c1-3-5-7-9-13-17-21-25-29-27(23-19-15-11-12-16-20-24-28)30-26-22-18-14-10-8-6-4-2/h5-8,27H,3-4,9-26H2,1-2H3/b7-5-,8-6-. The summed E-state index contributed by atoms with van der Waals surface area (Å²) < 4.78 is 12.2. The first kappa shape index (κ1) is 29.9. The number of unbranched alkanes of at least 4 members (excludes halogenated alkanes) is 11. The minimum Gasteiger partial charge on any atom is -0.353 e. The molecule has 0 saturated heterocycles. The predicted molar refractivity (Wildman–Crippen MR) is 138 cm³/mol. The van der Waals surface area contributed by atoms with Gasteiger partial charge < -0.3 is 9.47 Å². The predicted octanol–water partition coefficient (Wildman–Crippen LogP) is 9.52. The summed E-state index contributed by atoms with van der Waals surface area (Å²) in [6, 6.07) is 0. The number of hydrogen-bond donors (Lipinski definition) is 0. The lowest BCUT2D eigenvalue weighted by molar-refractivity contribution is -0.148. The highest BCUT2D eigenvalue weighted by Gasteiger charge is 2.09. The molecule has 0 aliphatic rings. The fourth-order valence-corrected chi connectivity index (χ4v) is 3.80. The van der Waals surface area contributed by atoms with Gasteiger partial charge in [0, 0.05) is 18.5 Å². The molecule has 0 rings (SSSR count). The summed E-state index contributed by atoms with van der Waals surface area (Å²) in [6.45, 7) is 6.07. The summed E-state index contributed by atoms with van der Waals surface area (Å²) >= 11 is 3.51. The first-order chi connectivity index (χ1) is 14.8. The Morgan fingerprint density at radius 1 is 0.567 bits per heavy atom. The van der Waals surface area contributed by atoms with Gasteiger partial charge in [0.15, 0.2) is 6.29 Å². The van der Waals surface area contributed by atoms with Crippen molar-refractivity contribution in [2.75, 3.05) is 18.5 Å². The highest BCUT2D eigenvalue weighted by atomic mass is 79.9. The van der Waals surface area contributed by atoms with Crippen molar-refractivity contribution in [1.82, 2.24) is 0 Å². The van der Waals surface area contributed by atoms with E-state index >= 15 is 0 Å². The van der Waals surface area contributed by atoms with Gasteiger partial charge in [0.25, 0.3) is 0 Å². The lowest BCUT2D eigenvalue weighted by Crippen LogP contribution is -2.19. The van der Waals surface area contributed by atoms with Crippen molar-refractivity contribution >= 4 is 15.9 Å². The smallest absolute Gasteiger partial charge is 0.157 e. The number of allylic oxidation sites excluding steroid dienone is 4. The molecular weight excluding hydrogens is 436 g/mol. The molecule has 0 aliphatic heterocycles. The Morgan fingerprint density at radius 2 is 1.03 bits per heavy atom. The number of halogens is 1. The monoisotopic (exact) mass is 486 g/mol. The number of ether oxygens (including phenoxy) is 2. The van der Waals surface area contributed by atoms with Crippen LogP contribution in [-0.2, 0) is 9.47 Å². The summed E-state index contributed by atoms with van der Waals surface area (Å²) in [7, 11) is 0. The van der Waals surface area contributed by atoms with Gasteiger partial charge in [-0.2, -0.15) is 0 Å². The van der Waals surface area contributed by atoms with E-state index in [0.29, 0.717) is 0 Å². The van der Waals surface area contributed by atoms with Crippen molar-refractivity contribution in [2.45, 2.75) is 129 Å². The maximum atomic E-state index is 6.12. The van der Waals surface area contributed by atoms with E-state index in [1.807, 2.05) is 0 Å². The molecule has 0 spiro atoms. The second-order valence-electron chi connectivity index (χ2n) is 8.23. The van der Waals surface area contributed by atoms with Crippen LogP contribution in [0.4, 0.5) is 0 Å². The van der Waals surface area contributed by atoms with E-state index in [1.54, 1.807) is 0 Å². The highest BCUT2D eigenvalue weighted by Crippen LogP contribution is 2.14. The Morgan fingerprint density at radius 3 is 1.53 bits per heavy atom. The molecule has 0 heterocycles. The van der Waals surface area contributed by atoms with Gasteiger partial charge in [0.1, 0.15) is 0 Å². The molecule has 0 unspecified atom stereocenters. The summed E-state index contributed by atoms with van der Waals surface area (Å²) in [5.74, 6) is 0. The average Bonchev–Trinajstić information content (AvgIpc) is 2.76. The molecule has 0 atom stereocenters. The van der Waals surface area contributed by atoms with Gasteiger partial charge in [-0.25, -0.2) is 0 Å². The van der Waals surface area contributed by atoms with Crippen LogP contribution in [0, 0.1) is 0 Å². The third kappa shape index (κ3) is 24.2. The second kappa shape index (κ2) is 26.9. The van der Waals surface area contributed by atoms with Crippen LogP contribution < -0.4 is 0 Å². The molecule has 0 saturated carbocycles. The third-order valence-corrected chi connectivity index (χ3v) is 5.83. The van der Waals surface area contributed by atoms with Gasteiger partial charge in [-0.05, 0) is 70.6 Å². The van der Waals surface area contributed by atoms with Crippen LogP contribution in [0.3, 0.4) is 0 Å². The Labute approximate surface area is 197 Å². The topological polar surface area (TPSA) is 18.5 Å². The number of rotatable bonds is 24. The normalized spacial score (nSPS) is 12.1. The third-order valence-electron chi connectivity index (χ3n) is 5.27. The van der Waals surface area contributed by atoms with Crippen LogP contribution in [0.2, 0.25) is 0 Å². The summed E-state index contributed by atoms with van der Waals surface area (Å²) in [5, 5.41) is 1.14. The summed E-state index contributed by atoms with van der Waals surface area (Å²) in [5.41, 5.74) is 0. The molecule has 0 N–H and O–H groups in total. The van der Waals surface area contributed by atoms with E-state index in [4.69, 9.17) is 9.47 Å². The summed E-state index contributed by atoms with van der Waals surface area (Å²) in [6.07, 6.45) is 30.1. The van der Waals surface area contributed by atoms with Gasteiger partial charge in [0.2, 0.25) is 0 Å². The second-order valence-corrected chi connectivity index (χ2v) is 9.02. The molecule has 0 amide bonds. The van der Waals surface area contributed by atoms with Crippen LogP contribution >= 0.6 is 15.9 Å². The average molecular weight is 488 g/mol. The molecule has 0 aromatic rings. The van der Waals surface area contributed by atoms with Crippen LogP contribution in [0.25, 0.3) is 0 Å². The molecule has 3 heteroatoms. The van der Waals surface area contributed by atoms with Crippen LogP contribution in [0.5, 0.6) is 0 Å². The van der Waals surface area contributed by atoms with E-state index in [2.05, 4.69) is 54.1 Å². The Bertz CT molecular complexity index is 342. The van der Waals surface area contributed by atoms with Gasteiger partial charge in [-0.3, -0.25) is 0 Å². The molecule has 0 radical (unpaired) electrons. The largest absolute Gasteiger partial charge is 0.353 e. The van der Waals surface area contributed by atoms with Crippen molar-refractivity contribution in [1.29, 1.82) is 0 Å². The van der Waals surface area contributed by atoms with E-state index in [9.17, 15) is 0 Å². The molecule has 2 nitrogen and oxygen atoms in total. The molecular formula is C27H51BrO2. The highest BCUT2D eigenvalue weighted by molar-refractivity contribution is 9.09. The Kier molecular flexibility index (Phi) is 26.8. The Hall–Kier alpha value is -0.120. The first-order valence-electron chi connectivity index (χ1n) is 12.9. The quantitative estimate of drug-likeness (QED) is 0.0584. The Balaban J connectivity index is 3.89. The zero-order valence-corrected chi connectivity index (χ0v) is 21.8. The van der Waals surface area contributed by atoms with Crippen molar-refractivity contribution in [2.24, 2.45) is 0 Å². The van der Waals surface area contributed by atoms with Crippen molar-refractivity contribution in [3.63, 3.8) is 0 Å².